The normalized spacial score (nSPS) is 12.5. The SMILES string of the molecule is CCN(CC)S(=O)(=O)c1cccc(C(=O)N[C@H](C(=O)OCc2nc(N)nc(N)n2)C(C)C)c1. The van der Waals surface area contributed by atoms with Crippen LogP contribution >= 0.6 is 0 Å². The molecule has 1 atom stereocenters. The van der Waals surface area contributed by atoms with Gasteiger partial charge in [-0.3, -0.25) is 4.79 Å². The molecule has 5 N–H and O–H groups in total. The fraction of sp³-hybridized carbons (Fsp3) is 0.450. The number of esters is 1. The molecule has 1 aromatic heterocycles. The van der Waals surface area contributed by atoms with Crippen molar-refractivity contribution >= 4 is 33.8 Å². The molecule has 0 aliphatic heterocycles. The molecule has 0 radical (unpaired) electrons. The summed E-state index contributed by atoms with van der Waals surface area (Å²) < 4.78 is 32.0. The minimum atomic E-state index is -3.74. The van der Waals surface area contributed by atoms with E-state index in [4.69, 9.17) is 16.2 Å². The Morgan fingerprint density at radius 3 is 2.24 bits per heavy atom. The predicted molar refractivity (Wildman–Crippen MR) is 121 cm³/mol. The zero-order valence-electron chi connectivity index (χ0n) is 19.0. The molecule has 180 valence electrons. The largest absolute Gasteiger partial charge is 0.456 e. The summed E-state index contributed by atoms with van der Waals surface area (Å²) in [5, 5.41) is 2.60. The zero-order chi connectivity index (χ0) is 24.8. The lowest BCUT2D eigenvalue weighted by Crippen LogP contribution is -2.45. The van der Waals surface area contributed by atoms with Crippen molar-refractivity contribution in [1.29, 1.82) is 0 Å². The highest BCUT2D eigenvalue weighted by atomic mass is 32.2. The Morgan fingerprint density at radius 2 is 1.70 bits per heavy atom. The first-order chi connectivity index (χ1) is 15.5. The van der Waals surface area contributed by atoms with E-state index >= 15 is 0 Å². The van der Waals surface area contributed by atoms with Crippen LogP contribution in [0.1, 0.15) is 43.9 Å². The van der Waals surface area contributed by atoms with Crippen molar-refractivity contribution in [3.63, 3.8) is 0 Å². The summed E-state index contributed by atoms with van der Waals surface area (Å²) in [5.74, 6) is -1.81. The number of aromatic nitrogens is 3. The quantitative estimate of drug-likeness (QED) is 0.407. The van der Waals surface area contributed by atoms with E-state index in [1.165, 1.54) is 28.6 Å². The molecule has 0 spiro atoms. The number of amides is 1. The van der Waals surface area contributed by atoms with Crippen LogP contribution < -0.4 is 16.8 Å². The number of sulfonamides is 1. The van der Waals surface area contributed by atoms with Gasteiger partial charge < -0.3 is 21.5 Å². The van der Waals surface area contributed by atoms with Crippen molar-refractivity contribution in [2.75, 3.05) is 24.6 Å². The molecular formula is C20H29N7O5S. The topological polar surface area (TPSA) is 183 Å². The molecule has 0 saturated heterocycles. The van der Waals surface area contributed by atoms with Crippen molar-refractivity contribution in [3.05, 3.63) is 35.7 Å². The fourth-order valence-corrected chi connectivity index (χ4v) is 4.48. The van der Waals surface area contributed by atoms with Gasteiger partial charge in [0.15, 0.2) is 12.4 Å². The van der Waals surface area contributed by atoms with Crippen LogP contribution in [0.5, 0.6) is 0 Å². The molecule has 0 aliphatic carbocycles. The summed E-state index contributed by atoms with van der Waals surface area (Å²) in [6.45, 7) is 7.21. The van der Waals surface area contributed by atoms with Gasteiger partial charge in [-0.25, -0.2) is 13.2 Å². The van der Waals surface area contributed by atoms with Crippen molar-refractivity contribution in [2.45, 2.75) is 45.2 Å². The van der Waals surface area contributed by atoms with Crippen molar-refractivity contribution in [1.82, 2.24) is 24.6 Å². The van der Waals surface area contributed by atoms with Crippen molar-refractivity contribution in [3.8, 4) is 0 Å². The molecule has 0 fully saturated rings. The van der Waals surface area contributed by atoms with E-state index in [0.717, 1.165) is 0 Å². The maximum absolute atomic E-state index is 12.8. The minimum Gasteiger partial charge on any atom is -0.456 e. The molecule has 0 aliphatic rings. The molecule has 1 aromatic carbocycles. The third-order valence-corrected chi connectivity index (χ3v) is 6.75. The maximum Gasteiger partial charge on any atom is 0.329 e. The second-order valence-corrected chi connectivity index (χ2v) is 9.33. The highest BCUT2D eigenvalue weighted by Crippen LogP contribution is 2.17. The number of carbonyl (C=O) groups is 2. The van der Waals surface area contributed by atoms with E-state index in [2.05, 4.69) is 20.3 Å². The lowest BCUT2D eigenvalue weighted by molar-refractivity contribution is -0.148. The summed E-state index contributed by atoms with van der Waals surface area (Å²) in [7, 11) is -3.74. The standard InChI is InChI=1S/C20H29N7O5S/c1-5-27(6-2)33(30,31)14-9-7-8-13(10-14)17(28)25-16(12(3)4)18(29)32-11-15-23-19(21)26-20(22)24-15/h7-10,12,16H,5-6,11H2,1-4H3,(H,25,28)(H4,21,22,23,24,26)/t16-/m0/s1. The summed E-state index contributed by atoms with van der Waals surface area (Å²) in [4.78, 5) is 36.7. The van der Waals surface area contributed by atoms with E-state index in [9.17, 15) is 18.0 Å². The Hall–Kier alpha value is -3.32. The number of nitrogens with zero attached hydrogens (tertiary/aromatic N) is 4. The first-order valence-corrected chi connectivity index (χ1v) is 11.8. The van der Waals surface area contributed by atoms with Gasteiger partial charge in [0.05, 0.1) is 4.90 Å². The van der Waals surface area contributed by atoms with Crippen molar-refractivity contribution < 1.29 is 22.7 Å². The molecule has 12 nitrogen and oxygen atoms in total. The van der Waals surface area contributed by atoms with Crippen LogP contribution in [0, 0.1) is 5.92 Å². The van der Waals surface area contributed by atoms with Crippen LogP contribution in [-0.4, -0.2) is 58.7 Å². The molecule has 2 rings (SSSR count). The van der Waals surface area contributed by atoms with Gasteiger partial charge >= 0.3 is 5.97 Å². The molecule has 33 heavy (non-hydrogen) atoms. The number of anilines is 2. The number of rotatable bonds is 10. The van der Waals surface area contributed by atoms with Gasteiger partial charge in [0.2, 0.25) is 21.9 Å². The number of nitrogens with two attached hydrogens (primary N) is 2. The Kier molecular flexibility index (Phi) is 8.65. The first-order valence-electron chi connectivity index (χ1n) is 10.3. The molecule has 0 bridgehead atoms. The number of nitrogen functional groups attached to an aromatic ring is 2. The van der Waals surface area contributed by atoms with Crippen LogP contribution in [0.4, 0.5) is 11.9 Å². The van der Waals surface area contributed by atoms with Gasteiger partial charge in [0, 0.05) is 18.7 Å². The Labute approximate surface area is 192 Å². The molecular weight excluding hydrogens is 450 g/mol. The van der Waals surface area contributed by atoms with E-state index in [1.54, 1.807) is 27.7 Å². The average Bonchev–Trinajstić information content (AvgIpc) is 2.75. The number of benzene rings is 1. The van der Waals surface area contributed by atoms with Gasteiger partial charge in [-0.2, -0.15) is 19.3 Å². The third-order valence-electron chi connectivity index (χ3n) is 4.71. The second-order valence-electron chi connectivity index (χ2n) is 7.39. The van der Waals surface area contributed by atoms with Crippen LogP contribution in [0.2, 0.25) is 0 Å². The van der Waals surface area contributed by atoms with Crippen LogP contribution in [-0.2, 0) is 26.2 Å². The Morgan fingerprint density at radius 1 is 1.09 bits per heavy atom. The van der Waals surface area contributed by atoms with Crippen LogP contribution in [0.3, 0.4) is 0 Å². The van der Waals surface area contributed by atoms with E-state index < -0.39 is 27.9 Å². The smallest absolute Gasteiger partial charge is 0.329 e. The molecule has 1 heterocycles. The summed E-state index contributed by atoms with van der Waals surface area (Å²) >= 11 is 0. The highest BCUT2D eigenvalue weighted by molar-refractivity contribution is 7.89. The Bertz CT molecular complexity index is 1080. The summed E-state index contributed by atoms with van der Waals surface area (Å²) in [5.41, 5.74) is 11.1. The number of hydrogen-bond acceptors (Lipinski definition) is 10. The number of carbonyl (C=O) groups excluding carboxylic acids is 2. The van der Waals surface area contributed by atoms with Gasteiger partial charge in [-0.05, 0) is 24.1 Å². The lowest BCUT2D eigenvalue weighted by atomic mass is 10.0. The average molecular weight is 480 g/mol. The number of nitrogens with one attached hydrogen (secondary N) is 1. The summed E-state index contributed by atoms with van der Waals surface area (Å²) in [6.07, 6.45) is 0. The number of ether oxygens (including phenoxy) is 1. The fourth-order valence-electron chi connectivity index (χ4n) is 2.98. The van der Waals surface area contributed by atoms with E-state index in [1.807, 2.05) is 0 Å². The second kappa shape index (κ2) is 11.0. The Balaban J connectivity index is 2.16. The van der Waals surface area contributed by atoms with Gasteiger partial charge in [0.1, 0.15) is 6.04 Å². The minimum absolute atomic E-state index is 0.00691. The van der Waals surface area contributed by atoms with Crippen LogP contribution in [0.25, 0.3) is 0 Å². The molecule has 13 heteroatoms. The number of hydrogen-bond donors (Lipinski definition) is 3. The summed E-state index contributed by atoms with van der Waals surface area (Å²) in [6, 6.07) is 4.64. The predicted octanol–water partition coefficient (Wildman–Crippen LogP) is 0.564. The molecule has 2 aromatic rings. The van der Waals surface area contributed by atoms with E-state index in [0.29, 0.717) is 13.1 Å². The molecule has 0 unspecified atom stereocenters. The lowest BCUT2D eigenvalue weighted by Gasteiger charge is -2.21. The van der Waals surface area contributed by atoms with Crippen molar-refractivity contribution in [2.24, 2.45) is 5.92 Å². The first kappa shape index (κ1) is 25.9. The highest BCUT2D eigenvalue weighted by Gasteiger charge is 2.28. The molecule has 0 saturated carbocycles. The van der Waals surface area contributed by atoms with Crippen LogP contribution in [0.15, 0.2) is 29.2 Å². The van der Waals surface area contributed by atoms with E-state index in [-0.39, 0.29) is 40.7 Å². The molecule has 1 amide bonds. The van der Waals surface area contributed by atoms with Gasteiger partial charge in [0.25, 0.3) is 5.91 Å². The monoisotopic (exact) mass is 479 g/mol. The maximum atomic E-state index is 12.8. The third kappa shape index (κ3) is 6.58. The zero-order valence-corrected chi connectivity index (χ0v) is 19.8. The van der Waals surface area contributed by atoms with Gasteiger partial charge in [-0.15, -0.1) is 0 Å². The van der Waals surface area contributed by atoms with Gasteiger partial charge in [-0.1, -0.05) is 33.8 Å².